The predicted octanol–water partition coefficient (Wildman–Crippen LogP) is 2.49. The van der Waals surface area contributed by atoms with Gasteiger partial charge in [0.2, 0.25) is 0 Å². The van der Waals surface area contributed by atoms with Crippen LogP contribution in [0.4, 0.5) is 11.5 Å². The Morgan fingerprint density at radius 3 is 2.75 bits per heavy atom. The first-order valence-corrected chi connectivity index (χ1v) is 6.52. The molecule has 2 aromatic rings. The van der Waals surface area contributed by atoms with E-state index >= 15 is 0 Å². The van der Waals surface area contributed by atoms with Gasteiger partial charge in [0.15, 0.2) is 5.82 Å². The highest BCUT2D eigenvalue weighted by atomic mass is 16.4. The number of fused-ring (bicyclic) bond motifs is 1. The number of aromatic carboxylic acids is 1. The normalized spacial score (nSPS) is 13.4. The van der Waals surface area contributed by atoms with Crippen LogP contribution in [0.5, 0.6) is 0 Å². The van der Waals surface area contributed by atoms with Gasteiger partial charge in [0.25, 0.3) is 0 Å². The number of carbonyl (C=O) groups is 1. The Morgan fingerprint density at radius 2 is 2.00 bits per heavy atom. The van der Waals surface area contributed by atoms with Crippen molar-refractivity contribution in [3.05, 3.63) is 46.6 Å². The van der Waals surface area contributed by atoms with Gasteiger partial charge in [0.1, 0.15) is 5.56 Å². The number of nitrogens with zero attached hydrogens (tertiary/aromatic N) is 3. The summed E-state index contributed by atoms with van der Waals surface area (Å²) in [7, 11) is 0. The van der Waals surface area contributed by atoms with Crippen molar-refractivity contribution >= 4 is 17.5 Å². The second-order valence-corrected chi connectivity index (χ2v) is 4.94. The summed E-state index contributed by atoms with van der Waals surface area (Å²) in [5.74, 6) is -0.523. The maximum Gasteiger partial charge on any atom is 0.339 e. The molecular formula is C15H15N3O2. The second kappa shape index (κ2) is 4.59. The summed E-state index contributed by atoms with van der Waals surface area (Å²) in [6.45, 7) is 4.28. The highest BCUT2D eigenvalue weighted by Crippen LogP contribution is 2.35. The summed E-state index contributed by atoms with van der Waals surface area (Å²) < 4.78 is 0. The topological polar surface area (TPSA) is 66.3 Å². The monoisotopic (exact) mass is 269 g/mol. The Hall–Kier alpha value is -2.43. The molecule has 5 nitrogen and oxygen atoms in total. The maximum absolute atomic E-state index is 11.6. The molecule has 0 spiro atoms. The Balaban J connectivity index is 2.17. The quantitative estimate of drug-likeness (QED) is 0.907. The van der Waals surface area contributed by atoms with Crippen molar-refractivity contribution < 1.29 is 9.90 Å². The van der Waals surface area contributed by atoms with Crippen LogP contribution in [0.1, 0.15) is 27.2 Å². The van der Waals surface area contributed by atoms with Crippen molar-refractivity contribution in [1.82, 2.24) is 10.2 Å². The third kappa shape index (κ3) is 1.82. The molecule has 0 amide bonds. The summed E-state index contributed by atoms with van der Waals surface area (Å²) in [4.78, 5) is 13.5. The first-order valence-electron chi connectivity index (χ1n) is 6.52. The highest BCUT2D eigenvalue weighted by molar-refractivity contribution is 5.96. The van der Waals surface area contributed by atoms with Crippen LogP contribution in [0, 0.1) is 13.8 Å². The van der Waals surface area contributed by atoms with Gasteiger partial charge in [0, 0.05) is 12.2 Å². The third-order valence-electron chi connectivity index (χ3n) is 3.79. The van der Waals surface area contributed by atoms with E-state index in [1.165, 1.54) is 5.56 Å². The number of hydrogen-bond donors (Lipinski definition) is 1. The van der Waals surface area contributed by atoms with Gasteiger partial charge in [-0.3, -0.25) is 0 Å². The van der Waals surface area contributed by atoms with Crippen LogP contribution in [0.3, 0.4) is 0 Å². The zero-order chi connectivity index (χ0) is 14.3. The fourth-order valence-corrected chi connectivity index (χ4v) is 2.60. The highest BCUT2D eigenvalue weighted by Gasteiger charge is 2.27. The van der Waals surface area contributed by atoms with E-state index < -0.39 is 5.97 Å². The van der Waals surface area contributed by atoms with Gasteiger partial charge in [-0.05, 0) is 37.5 Å². The van der Waals surface area contributed by atoms with Crippen LogP contribution in [0.15, 0.2) is 24.3 Å². The standard InChI is InChI=1S/C15H15N3O2/c1-9-10(2)16-17-14(13(9)15(19)20)18-8-7-11-5-3-4-6-12(11)18/h3-6H,7-8H2,1-2H3,(H,19,20). The van der Waals surface area contributed by atoms with Gasteiger partial charge in [-0.15, -0.1) is 5.10 Å². The summed E-state index contributed by atoms with van der Waals surface area (Å²) >= 11 is 0. The number of rotatable bonds is 2. The molecule has 0 fully saturated rings. The minimum atomic E-state index is -0.958. The molecule has 1 N–H and O–H groups in total. The molecule has 1 aromatic heterocycles. The lowest BCUT2D eigenvalue weighted by atomic mass is 10.1. The van der Waals surface area contributed by atoms with Crippen molar-refractivity contribution in [1.29, 1.82) is 0 Å². The average Bonchev–Trinajstić information content (AvgIpc) is 2.85. The first-order chi connectivity index (χ1) is 9.59. The van der Waals surface area contributed by atoms with Gasteiger partial charge < -0.3 is 10.0 Å². The first kappa shape index (κ1) is 12.6. The lowest BCUT2D eigenvalue weighted by Crippen LogP contribution is -2.21. The van der Waals surface area contributed by atoms with Crippen LogP contribution in [-0.2, 0) is 6.42 Å². The molecule has 1 aliphatic rings. The number of carboxylic acids is 1. The average molecular weight is 269 g/mol. The largest absolute Gasteiger partial charge is 0.478 e. The number of hydrogen-bond acceptors (Lipinski definition) is 4. The van der Waals surface area contributed by atoms with E-state index in [2.05, 4.69) is 16.3 Å². The van der Waals surface area contributed by atoms with Crippen LogP contribution < -0.4 is 4.90 Å². The summed E-state index contributed by atoms with van der Waals surface area (Å²) in [5, 5.41) is 17.7. The second-order valence-electron chi connectivity index (χ2n) is 4.94. The number of benzene rings is 1. The van der Waals surface area contributed by atoms with E-state index in [4.69, 9.17) is 0 Å². The molecule has 3 rings (SSSR count). The molecule has 102 valence electrons. The molecule has 5 heteroatoms. The zero-order valence-corrected chi connectivity index (χ0v) is 11.4. The van der Waals surface area contributed by atoms with Gasteiger partial charge in [-0.1, -0.05) is 18.2 Å². The van der Waals surface area contributed by atoms with Gasteiger partial charge in [-0.2, -0.15) is 5.10 Å². The molecule has 20 heavy (non-hydrogen) atoms. The van der Waals surface area contributed by atoms with Gasteiger partial charge >= 0.3 is 5.97 Å². The van der Waals surface area contributed by atoms with E-state index in [0.29, 0.717) is 17.1 Å². The van der Waals surface area contributed by atoms with Crippen LogP contribution >= 0.6 is 0 Å². The Kier molecular flexibility index (Phi) is 2.89. The van der Waals surface area contributed by atoms with Crippen molar-refractivity contribution in [2.45, 2.75) is 20.3 Å². The van der Waals surface area contributed by atoms with E-state index in [0.717, 1.165) is 18.7 Å². The number of para-hydroxylation sites is 1. The predicted molar refractivity (Wildman–Crippen MR) is 75.6 cm³/mol. The molecule has 1 aromatic carbocycles. The van der Waals surface area contributed by atoms with E-state index in [1.807, 2.05) is 23.1 Å². The zero-order valence-electron chi connectivity index (χ0n) is 11.4. The molecule has 0 bridgehead atoms. The third-order valence-corrected chi connectivity index (χ3v) is 3.79. The number of aryl methyl sites for hydroxylation is 1. The molecule has 0 radical (unpaired) electrons. The molecule has 0 saturated heterocycles. The molecule has 2 heterocycles. The molecular weight excluding hydrogens is 254 g/mol. The minimum absolute atomic E-state index is 0.245. The minimum Gasteiger partial charge on any atom is -0.478 e. The summed E-state index contributed by atoms with van der Waals surface area (Å²) in [5.41, 5.74) is 3.80. The van der Waals surface area contributed by atoms with Crippen LogP contribution in [0.2, 0.25) is 0 Å². The molecule has 0 saturated carbocycles. The molecule has 0 atom stereocenters. The summed E-state index contributed by atoms with van der Waals surface area (Å²) in [6, 6.07) is 7.99. The van der Waals surface area contributed by atoms with Crippen molar-refractivity contribution in [2.75, 3.05) is 11.4 Å². The maximum atomic E-state index is 11.6. The Bertz CT molecular complexity index is 698. The Morgan fingerprint density at radius 1 is 1.25 bits per heavy atom. The van der Waals surface area contributed by atoms with Crippen LogP contribution in [0.25, 0.3) is 0 Å². The SMILES string of the molecule is Cc1nnc(N2CCc3ccccc32)c(C(=O)O)c1C. The number of carboxylic acid groups (broad SMARTS) is 1. The van der Waals surface area contributed by atoms with Crippen molar-refractivity contribution in [3.8, 4) is 0 Å². The molecule has 0 unspecified atom stereocenters. The fourth-order valence-electron chi connectivity index (χ4n) is 2.60. The van der Waals surface area contributed by atoms with Gasteiger partial charge in [-0.25, -0.2) is 4.79 Å². The lowest BCUT2D eigenvalue weighted by Gasteiger charge is -2.20. The number of aromatic nitrogens is 2. The Labute approximate surface area is 116 Å². The van der Waals surface area contributed by atoms with E-state index in [1.54, 1.807) is 13.8 Å². The molecule has 1 aliphatic heterocycles. The van der Waals surface area contributed by atoms with E-state index in [-0.39, 0.29) is 5.56 Å². The fraction of sp³-hybridized carbons (Fsp3) is 0.267. The van der Waals surface area contributed by atoms with Crippen LogP contribution in [-0.4, -0.2) is 27.8 Å². The van der Waals surface area contributed by atoms with Gasteiger partial charge in [0.05, 0.1) is 5.69 Å². The smallest absolute Gasteiger partial charge is 0.339 e. The van der Waals surface area contributed by atoms with Crippen molar-refractivity contribution in [2.24, 2.45) is 0 Å². The van der Waals surface area contributed by atoms with E-state index in [9.17, 15) is 9.90 Å². The molecule has 0 aliphatic carbocycles. The van der Waals surface area contributed by atoms with Crippen molar-refractivity contribution in [3.63, 3.8) is 0 Å². The lowest BCUT2D eigenvalue weighted by molar-refractivity contribution is 0.0696. The summed E-state index contributed by atoms with van der Waals surface area (Å²) in [6.07, 6.45) is 0.893. The number of anilines is 2.